The lowest BCUT2D eigenvalue weighted by molar-refractivity contribution is -0.359. The third-order valence-corrected chi connectivity index (χ3v) is 17.4. The van der Waals surface area contributed by atoms with Crippen LogP contribution in [-0.4, -0.2) is 140 Å². The number of ether oxygens (including phenoxy) is 4. The molecule has 2 fully saturated rings. The Bertz CT molecular complexity index is 2030. The average molecular weight is 1310 g/mol. The normalized spacial score (nSPS) is 23.3. The summed E-state index contributed by atoms with van der Waals surface area (Å²) in [6, 6.07) is -0.944. The van der Waals surface area contributed by atoms with Gasteiger partial charge in [0.25, 0.3) is 0 Å². The van der Waals surface area contributed by atoms with Gasteiger partial charge in [-0.3, -0.25) is 4.79 Å². The topological polar surface area (TPSA) is 228 Å². The summed E-state index contributed by atoms with van der Waals surface area (Å²) in [5.74, 6) is -0.273. The molecule has 2 aliphatic heterocycles. The Labute approximate surface area is 565 Å². The van der Waals surface area contributed by atoms with E-state index in [0.29, 0.717) is 6.42 Å². The molecule has 0 aliphatic carbocycles. The average Bonchev–Trinajstić information content (AvgIpc) is 0.851. The summed E-state index contributed by atoms with van der Waals surface area (Å²) in [4.78, 5) is 13.3. The summed E-state index contributed by atoms with van der Waals surface area (Å²) in [6.45, 7) is 2.68. The van der Waals surface area contributed by atoms with E-state index in [4.69, 9.17) is 18.9 Å². The number of nitrogens with one attached hydrogen (secondary N) is 1. The number of unbranched alkanes of at least 4 members (excludes halogenated alkanes) is 29. The van der Waals surface area contributed by atoms with E-state index in [2.05, 4.69) is 129 Å². The van der Waals surface area contributed by atoms with Crippen molar-refractivity contribution in [2.75, 3.05) is 19.8 Å². The molecule has 2 rings (SSSR count). The van der Waals surface area contributed by atoms with Crippen LogP contribution in [-0.2, 0) is 23.7 Å². The molecule has 2 heterocycles. The molecule has 0 aromatic rings. The molecule has 14 nitrogen and oxygen atoms in total. The molecular formula is C79H135NO13. The van der Waals surface area contributed by atoms with Gasteiger partial charge in [-0.15, -0.1) is 0 Å². The first kappa shape index (κ1) is 85.5. The highest BCUT2D eigenvalue weighted by Crippen LogP contribution is 2.30. The summed E-state index contributed by atoms with van der Waals surface area (Å²) >= 11 is 0. The van der Waals surface area contributed by atoms with Crippen molar-refractivity contribution in [2.24, 2.45) is 0 Å². The second-order valence-corrected chi connectivity index (χ2v) is 25.7. The summed E-state index contributed by atoms with van der Waals surface area (Å²) < 4.78 is 22.9. The molecule has 0 aromatic heterocycles. The summed E-state index contributed by atoms with van der Waals surface area (Å²) in [5.41, 5.74) is 0. The second-order valence-electron chi connectivity index (χ2n) is 25.7. The highest BCUT2D eigenvalue weighted by molar-refractivity contribution is 5.76. The quantitative estimate of drug-likeness (QED) is 0.0204. The Morgan fingerprint density at radius 1 is 0.398 bits per heavy atom. The number of rotatable bonds is 60. The molecule has 2 saturated heterocycles. The van der Waals surface area contributed by atoms with Gasteiger partial charge in [-0.25, -0.2) is 0 Å². The number of allylic oxidation sites excluding steroid dienone is 19. The van der Waals surface area contributed by atoms with Crippen LogP contribution in [0.2, 0.25) is 0 Å². The van der Waals surface area contributed by atoms with E-state index < -0.39 is 86.8 Å². The van der Waals surface area contributed by atoms with Crippen molar-refractivity contribution in [2.45, 2.75) is 351 Å². The first-order chi connectivity index (χ1) is 45.6. The van der Waals surface area contributed by atoms with Gasteiger partial charge < -0.3 is 65.1 Å². The van der Waals surface area contributed by atoms with E-state index in [0.717, 1.165) is 96.3 Å². The lowest BCUT2D eigenvalue weighted by Gasteiger charge is -2.46. The van der Waals surface area contributed by atoms with Crippen LogP contribution in [0.3, 0.4) is 0 Å². The number of aliphatic hydroxyl groups is 8. The third kappa shape index (κ3) is 45.5. The van der Waals surface area contributed by atoms with Crippen LogP contribution >= 0.6 is 0 Å². The molecule has 0 spiro atoms. The first-order valence-electron chi connectivity index (χ1n) is 37.3. The van der Waals surface area contributed by atoms with Gasteiger partial charge in [0.2, 0.25) is 5.91 Å². The Morgan fingerprint density at radius 3 is 1.14 bits per heavy atom. The van der Waals surface area contributed by atoms with E-state index in [9.17, 15) is 45.6 Å². The van der Waals surface area contributed by atoms with Crippen molar-refractivity contribution in [3.05, 3.63) is 122 Å². The Balaban J connectivity index is 1.70. The number of hydrogen-bond acceptors (Lipinski definition) is 13. The molecule has 0 aromatic carbocycles. The molecule has 1 amide bonds. The molecule has 12 atom stereocenters. The molecule has 0 radical (unpaired) electrons. The molecule has 12 unspecified atom stereocenters. The maximum absolute atomic E-state index is 13.3. The zero-order chi connectivity index (χ0) is 67.3. The van der Waals surface area contributed by atoms with Gasteiger partial charge in [-0.1, -0.05) is 302 Å². The van der Waals surface area contributed by atoms with Gasteiger partial charge >= 0.3 is 0 Å². The standard InChI is InChI=1S/C79H135NO13/c1-3-5-7-9-11-13-15-17-19-21-23-25-27-29-31-33-34-35-37-39-41-43-45-47-49-51-53-55-57-59-61-63-71(84)80-67(66-90-78-76(89)74(87)77(70(65-82)92-78)93-79-75(88)73(86)72(85)69(64-81)91-79)68(83)62-60-58-56-54-52-50-48-46-44-42-40-38-36-32-30-28-26-24-22-20-18-16-14-12-10-8-6-4-2/h5,7,11,13,17,19,23,25,29,31,34-35,39,41,45,47,51,53,60,62,67-70,72-79,81-83,85-89H,3-4,6,8-10,12,14-16,18,20-22,24,26-28,30,32-33,36-38,40,42-44,46,48-50,52,54-59,61,63-66H2,1-2H3,(H,80,84)/b7-5-,13-11-,19-17-,25-23-,31-29-,35-34-,41-39-,47-45-,53-51-,62-60+. The van der Waals surface area contributed by atoms with Crippen LogP contribution in [0.1, 0.15) is 277 Å². The van der Waals surface area contributed by atoms with Crippen molar-refractivity contribution in [1.29, 1.82) is 0 Å². The van der Waals surface area contributed by atoms with Crippen LogP contribution in [0.4, 0.5) is 0 Å². The van der Waals surface area contributed by atoms with Crippen molar-refractivity contribution in [3.63, 3.8) is 0 Å². The maximum atomic E-state index is 13.3. The van der Waals surface area contributed by atoms with Crippen LogP contribution in [0.25, 0.3) is 0 Å². The summed E-state index contributed by atoms with van der Waals surface area (Å²) in [7, 11) is 0. The van der Waals surface area contributed by atoms with Gasteiger partial charge in [0, 0.05) is 6.42 Å². The zero-order valence-electron chi connectivity index (χ0n) is 58.2. The zero-order valence-corrected chi connectivity index (χ0v) is 58.2. The minimum Gasteiger partial charge on any atom is -0.394 e. The fraction of sp³-hybridized carbons (Fsp3) is 0.734. The largest absolute Gasteiger partial charge is 0.394 e. The van der Waals surface area contributed by atoms with E-state index in [1.54, 1.807) is 6.08 Å². The van der Waals surface area contributed by atoms with Crippen molar-refractivity contribution in [1.82, 2.24) is 5.32 Å². The molecule has 2 aliphatic rings. The molecular weight excluding hydrogens is 1170 g/mol. The van der Waals surface area contributed by atoms with Crippen molar-refractivity contribution in [3.8, 4) is 0 Å². The number of carbonyl (C=O) groups is 1. The number of amides is 1. The molecule has 534 valence electrons. The monoisotopic (exact) mass is 1310 g/mol. The second kappa shape index (κ2) is 61.9. The van der Waals surface area contributed by atoms with Gasteiger partial charge in [0.15, 0.2) is 12.6 Å². The molecule has 0 bridgehead atoms. The minimum atomic E-state index is -1.80. The highest BCUT2D eigenvalue weighted by Gasteiger charge is 2.51. The fourth-order valence-corrected chi connectivity index (χ4v) is 11.5. The Kier molecular flexibility index (Phi) is 56.9. The van der Waals surface area contributed by atoms with Crippen LogP contribution in [0.15, 0.2) is 122 Å². The van der Waals surface area contributed by atoms with Gasteiger partial charge in [-0.05, 0) is 89.9 Å². The Hall–Kier alpha value is -3.61. The Morgan fingerprint density at radius 2 is 0.742 bits per heavy atom. The molecule has 14 heteroatoms. The van der Waals surface area contributed by atoms with Crippen molar-refractivity contribution >= 4 is 5.91 Å². The predicted octanol–water partition coefficient (Wildman–Crippen LogP) is 16.1. The predicted molar refractivity (Wildman–Crippen MR) is 382 cm³/mol. The number of carbonyl (C=O) groups excluding carboxylic acids is 1. The van der Waals surface area contributed by atoms with E-state index in [1.807, 2.05) is 6.08 Å². The number of hydrogen-bond donors (Lipinski definition) is 9. The first-order valence-corrected chi connectivity index (χ1v) is 37.3. The van der Waals surface area contributed by atoms with Gasteiger partial charge in [0.05, 0.1) is 32.0 Å². The van der Waals surface area contributed by atoms with E-state index in [1.165, 1.54) is 154 Å². The number of aliphatic hydroxyl groups excluding tert-OH is 8. The fourth-order valence-electron chi connectivity index (χ4n) is 11.5. The van der Waals surface area contributed by atoms with Crippen LogP contribution in [0, 0.1) is 0 Å². The van der Waals surface area contributed by atoms with E-state index >= 15 is 0 Å². The van der Waals surface area contributed by atoms with E-state index in [-0.39, 0.29) is 18.9 Å². The third-order valence-electron chi connectivity index (χ3n) is 17.4. The van der Waals surface area contributed by atoms with Gasteiger partial charge in [-0.2, -0.15) is 0 Å². The van der Waals surface area contributed by atoms with Crippen LogP contribution in [0.5, 0.6) is 0 Å². The van der Waals surface area contributed by atoms with Gasteiger partial charge in [0.1, 0.15) is 48.8 Å². The highest BCUT2D eigenvalue weighted by atomic mass is 16.7. The lowest BCUT2D eigenvalue weighted by atomic mass is 9.97. The minimum absolute atomic E-state index is 0.234. The molecule has 9 N–H and O–H groups in total. The summed E-state index contributed by atoms with van der Waals surface area (Å²) in [5, 5.41) is 87.5. The maximum Gasteiger partial charge on any atom is 0.220 e. The van der Waals surface area contributed by atoms with Crippen LogP contribution < -0.4 is 5.32 Å². The smallest absolute Gasteiger partial charge is 0.220 e. The molecule has 0 saturated carbocycles. The lowest BCUT2D eigenvalue weighted by Crippen LogP contribution is -2.65. The van der Waals surface area contributed by atoms with Crippen molar-refractivity contribution < 1.29 is 64.6 Å². The molecule has 93 heavy (non-hydrogen) atoms. The SMILES string of the molecule is CC/C=C\C/C=C\C/C=C\C/C=C\C/C=C\C/C=C\C/C=C\C/C=C\C/C=C\CCCCCC(=O)NC(COC1OC(CO)C(OC2OC(CO)C(O)C(O)C2O)C(O)C1O)C(O)/C=C/CCCCCCCCCCCCCCCCCCCCCCCCCCCC. The summed E-state index contributed by atoms with van der Waals surface area (Å²) in [6.07, 6.45) is 74.0.